The zero-order chi connectivity index (χ0) is 21.5. The van der Waals surface area contributed by atoms with E-state index in [0.717, 1.165) is 11.3 Å². The summed E-state index contributed by atoms with van der Waals surface area (Å²) in [4.78, 5) is 40.4. The molecule has 0 bridgehead atoms. The molecule has 0 aliphatic carbocycles. The summed E-state index contributed by atoms with van der Waals surface area (Å²) in [5, 5.41) is 16.2. The Hall–Kier alpha value is -4.46. The van der Waals surface area contributed by atoms with Gasteiger partial charge in [0.05, 0.1) is 23.2 Å². The van der Waals surface area contributed by atoms with E-state index in [1.165, 1.54) is 18.3 Å². The molecule has 2 amide bonds. The average molecular weight is 413 g/mol. The number of rotatable bonds is 4. The van der Waals surface area contributed by atoms with Crippen LogP contribution in [0.3, 0.4) is 0 Å². The van der Waals surface area contributed by atoms with Crippen molar-refractivity contribution in [1.82, 2.24) is 4.98 Å². The van der Waals surface area contributed by atoms with Gasteiger partial charge < -0.3 is 20.5 Å². The van der Waals surface area contributed by atoms with Crippen LogP contribution in [0.4, 0.5) is 11.4 Å². The number of hydrogen-bond donors (Lipinski definition) is 3. The molecule has 0 radical (unpaired) electrons. The molecular formula is C23H15N3O5. The van der Waals surface area contributed by atoms with Crippen molar-refractivity contribution in [2.24, 2.45) is 0 Å². The second-order valence-electron chi connectivity index (χ2n) is 7.10. The van der Waals surface area contributed by atoms with Crippen molar-refractivity contribution < 1.29 is 24.2 Å². The van der Waals surface area contributed by atoms with Gasteiger partial charge >= 0.3 is 0 Å². The number of ketones is 1. The van der Waals surface area contributed by atoms with Gasteiger partial charge in [-0.15, -0.1) is 0 Å². The molecule has 2 aromatic carbocycles. The van der Waals surface area contributed by atoms with Crippen molar-refractivity contribution in [3.63, 3.8) is 0 Å². The molecule has 2 aliphatic rings. The molecule has 0 unspecified atom stereocenters. The number of anilines is 2. The normalized spacial score (nSPS) is 15.3. The molecule has 3 N–H and O–H groups in total. The first-order valence-electron chi connectivity index (χ1n) is 9.44. The fourth-order valence-corrected chi connectivity index (χ4v) is 3.59. The number of phenols is 1. The van der Waals surface area contributed by atoms with Crippen molar-refractivity contribution >= 4 is 34.5 Å². The van der Waals surface area contributed by atoms with Crippen LogP contribution >= 0.6 is 0 Å². The molecule has 5 rings (SSSR count). The smallest absolute Gasteiger partial charge is 0.256 e. The Labute approximate surface area is 176 Å². The fraction of sp³-hybridized carbons (Fsp3) is 0.0435. The summed E-state index contributed by atoms with van der Waals surface area (Å²) in [5.74, 6) is -0.720. The molecule has 8 nitrogen and oxygen atoms in total. The van der Waals surface area contributed by atoms with E-state index in [2.05, 4.69) is 15.6 Å². The van der Waals surface area contributed by atoms with Crippen LogP contribution in [0, 0.1) is 0 Å². The summed E-state index contributed by atoms with van der Waals surface area (Å²) < 4.78 is 5.82. The quantitative estimate of drug-likeness (QED) is 0.446. The summed E-state index contributed by atoms with van der Waals surface area (Å²) in [6.45, 7) is 0. The van der Waals surface area contributed by atoms with Crippen molar-refractivity contribution in [3.05, 3.63) is 77.6 Å². The van der Waals surface area contributed by atoms with Crippen molar-refractivity contribution in [2.75, 3.05) is 10.6 Å². The Morgan fingerprint density at radius 1 is 1.10 bits per heavy atom. The van der Waals surface area contributed by atoms with Crippen LogP contribution in [0.5, 0.6) is 17.2 Å². The molecule has 3 heterocycles. The maximum absolute atomic E-state index is 12.5. The standard InChI is InChI=1S/C23H15N3O5/c27-18(12-2-1-7-24-11-12)10-15-21-17(26-23(15)30)5-6-19(22(21)29)31-14-3-4-16-13(8-14)9-20(28)25-16/h1-8,10-11,29H,9H2,(H,25,28)(H,26,30)/b15-10+. The molecule has 2 aliphatic heterocycles. The molecule has 0 atom stereocenters. The van der Waals surface area contributed by atoms with E-state index in [1.54, 1.807) is 42.6 Å². The molecule has 0 spiro atoms. The van der Waals surface area contributed by atoms with Gasteiger partial charge in [-0.25, -0.2) is 0 Å². The monoisotopic (exact) mass is 413 g/mol. The lowest BCUT2D eigenvalue weighted by Crippen LogP contribution is -2.06. The first-order chi connectivity index (χ1) is 15.0. The number of amides is 2. The highest BCUT2D eigenvalue weighted by Crippen LogP contribution is 2.45. The number of aromatic hydroxyl groups is 1. The van der Waals surface area contributed by atoms with Crippen molar-refractivity contribution in [3.8, 4) is 17.2 Å². The highest BCUT2D eigenvalue weighted by Gasteiger charge is 2.30. The SMILES string of the molecule is O=C1Cc2cc(Oc3ccc4c(c3O)/C(=C\C(=O)c3cccnc3)C(=O)N4)ccc2N1. The van der Waals surface area contributed by atoms with Gasteiger partial charge in [-0.1, -0.05) is 0 Å². The minimum Gasteiger partial charge on any atom is -0.504 e. The van der Waals surface area contributed by atoms with Crippen LogP contribution in [0.25, 0.3) is 5.57 Å². The maximum atomic E-state index is 12.5. The van der Waals surface area contributed by atoms with Crippen LogP contribution in [0.2, 0.25) is 0 Å². The van der Waals surface area contributed by atoms with Gasteiger partial charge in [-0.2, -0.15) is 0 Å². The van der Waals surface area contributed by atoms with Crippen LogP contribution in [0.1, 0.15) is 21.5 Å². The first-order valence-corrected chi connectivity index (χ1v) is 9.44. The number of allylic oxidation sites excluding steroid dienone is 1. The Bertz CT molecular complexity index is 1300. The Morgan fingerprint density at radius 3 is 2.74 bits per heavy atom. The molecule has 8 heteroatoms. The van der Waals surface area contributed by atoms with E-state index in [9.17, 15) is 19.5 Å². The number of benzene rings is 2. The second kappa shape index (κ2) is 7.10. The predicted molar refractivity (Wildman–Crippen MR) is 112 cm³/mol. The summed E-state index contributed by atoms with van der Waals surface area (Å²) >= 11 is 0. The van der Waals surface area contributed by atoms with Gasteiger partial charge in [0.2, 0.25) is 5.91 Å². The summed E-state index contributed by atoms with van der Waals surface area (Å²) in [5.41, 5.74) is 2.45. The lowest BCUT2D eigenvalue weighted by atomic mass is 10.0. The Balaban J connectivity index is 1.49. The zero-order valence-corrected chi connectivity index (χ0v) is 16.0. The van der Waals surface area contributed by atoms with E-state index in [4.69, 9.17) is 4.74 Å². The molecule has 0 fully saturated rings. The number of nitrogens with zero attached hydrogens (tertiary/aromatic N) is 1. The highest BCUT2D eigenvalue weighted by molar-refractivity contribution is 6.35. The Kier molecular flexibility index (Phi) is 4.25. The van der Waals surface area contributed by atoms with Gasteiger partial charge in [0.25, 0.3) is 5.91 Å². The van der Waals surface area contributed by atoms with Gasteiger partial charge in [0.1, 0.15) is 5.75 Å². The van der Waals surface area contributed by atoms with Gasteiger partial charge in [-0.3, -0.25) is 19.4 Å². The lowest BCUT2D eigenvalue weighted by molar-refractivity contribution is -0.115. The number of carbonyl (C=O) groups excluding carboxylic acids is 3. The highest BCUT2D eigenvalue weighted by atomic mass is 16.5. The van der Waals surface area contributed by atoms with Gasteiger partial charge in [-0.05, 0) is 54.1 Å². The summed E-state index contributed by atoms with van der Waals surface area (Å²) in [6, 6.07) is 11.4. The molecule has 31 heavy (non-hydrogen) atoms. The number of nitrogens with one attached hydrogen (secondary N) is 2. The van der Waals surface area contributed by atoms with Crippen LogP contribution < -0.4 is 15.4 Å². The lowest BCUT2D eigenvalue weighted by Gasteiger charge is -2.11. The van der Waals surface area contributed by atoms with Crippen LogP contribution in [-0.2, 0) is 16.0 Å². The first kappa shape index (κ1) is 18.6. The number of carbonyl (C=O) groups is 3. The summed E-state index contributed by atoms with van der Waals surface area (Å²) in [7, 11) is 0. The number of fused-ring (bicyclic) bond motifs is 2. The minimum atomic E-state index is -0.498. The zero-order valence-electron chi connectivity index (χ0n) is 16.0. The van der Waals surface area contributed by atoms with Gasteiger partial charge in [0, 0.05) is 23.6 Å². The maximum Gasteiger partial charge on any atom is 0.256 e. The molecule has 152 valence electrons. The van der Waals surface area contributed by atoms with E-state index >= 15 is 0 Å². The van der Waals surface area contributed by atoms with Crippen LogP contribution in [-0.4, -0.2) is 27.7 Å². The van der Waals surface area contributed by atoms with E-state index < -0.39 is 11.7 Å². The number of pyridine rings is 1. The fourth-order valence-electron chi connectivity index (χ4n) is 3.59. The third kappa shape index (κ3) is 3.29. The molecule has 3 aromatic rings. The minimum absolute atomic E-state index is 0.0375. The summed E-state index contributed by atoms with van der Waals surface area (Å²) in [6.07, 6.45) is 4.38. The van der Waals surface area contributed by atoms with Crippen molar-refractivity contribution in [1.29, 1.82) is 0 Å². The third-order valence-electron chi connectivity index (χ3n) is 5.05. The second-order valence-corrected chi connectivity index (χ2v) is 7.10. The topological polar surface area (TPSA) is 118 Å². The number of hydrogen-bond acceptors (Lipinski definition) is 6. The molecule has 1 aromatic heterocycles. The third-order valence-corrected chi connectivity index (χ3v) is 5.05. The van der Waals surface area contributed by atoms with E-state index in [1.807, 2.05) is 0 Å². The van der Waals surface area contributed by atoms with Crippen LogP contribution in [0.15, 0.2) is 60.9 Å². The van der Waals surface area contributed by atoms with E-state index in [0.29, 0.717) is 17.0 Å². The van der Waals surface area contributed by atoms with Crippen molar-refractivity contribution in [2.45, 2.75) is 6.42 Å². The predicted octanol–water partition coefficient (Wildman–Crippen LogP) is 3.29. The number of aromatic nitrogens is 1. The largest absolute Gasteiger partial charge is 0.504 e. The van der Waals surface area contributed by atoms with E-state index in [-0.39, 0.29) is 35.0 Å². The number of phenolic OH excluding ortho intramolecular Hbond substituents is 1. The number of ether oxygens (including phenoxy) is 1. The Morgan fingerprint density at radius 2 is 1.94 bits per heavy atom. The van der Waals surface area contributed by atoms with Gasteiger partial charge in [0.15, 0.2) is 17.3 Å². The molecule has 0 saturated carbocycles. The molecule has 0 saturated heterocycles. The average Bonchev–Trinajstić information content (AvgIpc) is 3.29. The molecular weight excluding hydrogens is 398 g/mol.